The van der Waals surface area contributed by atoms with Gasteiger partial charge < -0.3 is 19.1 Å². The van der Waals surface area contributed by atoms with Crippen molar-refractivity contribution in [2.24, 2.45) is 0 Å². The average Bonchev–Trinajstić information content (AvgIpc) is 3.53. The van der Waals surface area contributed by atoms with E-state index >= 15 is 0 Å². The van der Waals surface area contributed by atoms with Gasteiger partial charge in [0, 0.05) is 41.7 Å². The standard InChI is InChI=1S/C30H33N3O5S/c1-19(2)13-21-15-23-26(16-25(21)36-4)38-17-24-28(31-33(29(23)24)22-9-12-39-18-22)30(35)32(3)10-5-7-20-8-6-11-37-27(34)14-20/h8-9,12-13,15-16,18H,5-7,10-11,14,17H2,1-4H3. The first-order chi connectivity index (χ1) is 18.9. The van der Waals surface area contributed by atoms with Gasteiger partial charge in [-0.2, -0.15) is 16.4 Å². The van der Waals surface area contributed by atoms with Gasteiger partial charge in [0.2, 0.25) is 0 Å². The number of ether oxygens (including phenoxy) is 3. The zero-order valence-corrected chi connectivity index (χ0v) is 23.6. The average molecular weight is 548 g/mol. The smallest absolute Gasteiger partial charge is 0.309 e. The lowest BCUT2D eigenvalue weighted by atomic mass is 9.98. The van der Waals surface area contributed by atoms with E-state index in [9.17, 15) is 9.59 Å². The summed E-state index contributed by atoms with van der Waals surface area (Å²) in [7, 11) is 3.45. The first-order valence-electron chi connectivity index (χ1n) is 13.1. The van der Waals surface area contributed by atoms with Gasteiger partial charge in [0.1, 0.15) is 18.1 Å². The lowest BCUT2D eigenvalue weighted by molar-refractivity contribution is -0.142. The molecule has 8 nitrogen and oxygen atoms in total. The molecule has 9 heteroatoms. The second-order valence-corrected chi connectivity index (χ2v) is 10.8. The fraction of sp³-hybridized carbons (Fsp3) is 0.367. The number of benzene rings is 1. The molecule has 4 heterocycles. The number of amides is 1. The fourth-order valence-electron chi connectivity index (χ4n) is 4.99. The summed E-state index contributed by atoms with van der Waals surface area (Å²) in [5.74, 6) is 1.09. The van der Waals surface area contributed by atoms with Crippen LogP contribution in [-0.4, -0.2) is 53.9 Å². The molecule has 1 aromatic carbocycles. The van der Waals surface area contributed by atoms with Crippen LogP contribution in [0.15, 0.2) is 46.2 Å². The Bertz CT molecular complexity index is 1450. The van der Waals surface area contributed by atoms with Crippen molar-refractivity contribution in [2.75, 3.05) is 27.3 Å². The van der Waals surface area contributed by atoms with Crippen LogP contribution in [0.25, 0.3) is 23.0 Å². The number of methoxy groups -OCH3 is 1. The number of hydrogen-bond acceptors (Lipinski definition) is 7. The summed E-state index contributed by atoms with van der Waals surface area (Å²) >= 11 is 1.58. The van der Waals surface area contributed by atoms with Gasteiger partial charge in [-0.15, -0.1) is 0 Å². The van der Waals surface area contributed by atoms with Gasteiger partial charge in [0.05, 0.1) is 31.5 Å². The van der Waals surface area contributed by atoms with Gasteiger partial charge in [0.15, 0.2) is 5.69 Å². The number of esters is 1. The van der Waals surface area contributed by atoms with Crippen LogP contribution in [0.2, 0.25) is 0 Å². The number of carbonyl (C=O) groups excluding carboxylic acids is 2. The van der Waals surface area contributed by atoms with E-state index in [4.69, 9.17) is 19.3 Å². The van der Waals surface area contributed by atoms with Crippen LogP contribution in [-0.2, 0) is 16.1 Å². The van der Waals surface area contributed by atoms with Gasteiger partial charge in [-0.05, 0) is 50.6 Å². The number of hydrogen-bond donors (Lipinski definition) is 0. The summed E-state index contributed by atoms with van der Waals surface area (Å²) in [6.45, 7) is 5.31. The molecule has 0 radical (unpaired) electrons. The molecule has 0 fully saturated rings. The highest BCUT2D eigenvalue weighted by molar-refractivity contribution is 7.08. The highest BCUT2D eigenvalue weighted by Gasteiger charge is 2.32. The molecule has 0 aliphatic carbocycles. The summed E-state index contributed by atoms with van der Waals surface area (Å²) in [5.41, 5.74) is 6.95. The van der Waals surface area contributed by atoms with Crippen LogP contribution in [0.3, 0.4) is 0 Å². The van der Waals surface area contributed by atoms with Crippen molar-refractivity contribution >= 4 is 29.3 Å². The van der Waals surface area contributed by atoms with E-state index in [-0.39, 0.29) is 18.5 Å². The molecule has 204 valence electrons. The normalized spacial score (nSPS) is 14.3. The second kappa shape index (κ2) is 11.5. The molecular formula is C30H33N3O5S. The molecule has 39 heavy (non-hydrogen) atoms. The fourth-order valence-corrected chi connectivity index (χ4v) is 5.61. The zero-order chi connectivity index (χ0) is 27.5. The Hall–Kier alpha value is -3.85. The zero-order valence-electron chi connectivity index (χ0n) is 22.8. The van der Waals surface area contributed by atoms with Crippen LogP contribution < -0.4 is 9.47 Å². The van der Waals surface area contributed by atoms with Gasteiger partial charge in [-0.1, -0.05) is 23.3 Å². The summed E-state index contributed by atoms with van der Waals surface area (Å²) < 4.78 is 18.8. The maximum atomic E-state index is 13.7. The third-order valence-electron chi connectivity index (χ3n) is 6.86. The van der Waals surface area contributed by atoms with E-state index in [2.05, 4.69) is 12.2 Å². The predicted molar refractivity (Wildman–Crippen MR) is 152 cm³/mol. The Kier molecular flexibility index (Phi) is 7.88. The van der Waals surface area contributed by atoms with Crippen molar-refractivity contribution in [2.45, 2.75) is 46.1 Å². The molecular weight excluding hydrogens is 514 g/mol. The lowest BCUT2D eigenvalue weighted by Gasteiger charge is -2.22. The molecule has 0 unspecified atom stereocenters. The lowest BCUT2D eigenvalue weighted by Crippen LogP contribution is -2.29. The van der Waals surface area contributed by atoms with E-state index in [1.807, 2.05) is 47.5 Å². The molecule has 2 aliphatic heterocycles. The highest BCUT2D eigenvalue weighted by Crippen LogP contribution is 2.44. The Balaban J connectivity index is 1.46. The maximum absolute atomic E-state index is 13.7. The first kappa shape index (κ1) is 26.7. The number of thiophene rings is 1. The molecule has 0 bridgehead atoms. The quantitative estimate of drug-likeness (QED) is 0.253. The first-order valence-corrected chi connectivity index (χ1v) is 14.0. The Labute approximate surface area is 232 Å². The largest absolute Gasteiger partial charge is 0.496 e. The molecule has 2 aliphatic rings. The van der Waals surface area contributed by atoms with Crippen LogP contribution in [0, 0.1) is 0 Å². The van der Waals surface area contributed by atoms with Gasteiger partial charge in [-0.25, -0.2) is 4.68 Å². The van der Waals surface area contributed by atoms with Crippen molar-refractivity contribution in [3.8, 4) is 28.4 Å². The van der Waals surface area contributed by atoms with Crippen LogP contribution in [0.5, 0.6) is 11.5 Å². The number of rotatable bonds is 8. The minimum atomic E-state index is -0.181. The van der Waals surface area contributed by atoms with Crippen molar-refractivity contribution in [3.05, 3.63) is 63.0 Å². The number of carbonyl (C=O) groups is 2. The number of cyclic esters (lactones) is 1. The van der Waals surface area contributed by atoms with Crippen molar-refractivity contribution in [3.63, 3.8) is 0 Å². The number of nitrogens with zero attached hydrogens (tertiary/aromatic N) is 3. The van der Waals surface area contributed by atoms with E-state index in [1.165, 1.54) is 0 Å². The predicted octanol–water partition coefficient (Wildman–Crippen LogP) is 6.04. The molecule has 0 spiro atoms. The SMILES string of the molecule is COc1cc2c(cc1C=C(C)C)-c1c(c(C(=O)N(C)CCCC3=CCCOC(=O)C3)nn1-c1ccsc1)CO2. The third-order valence-corrected chi connectivity index (χ3v) is 7.53. The van der Waals surface area contributed by atoms with Gasteiger partial charge >= 0.3 is 5.97 Å². The molecule has 0 saturated carbocycles. The minimum absolute atomic E-state index is 0.153. The monoisotopic (exact) mass is 547 g/mol. The van der Waals surface area contributed by atoms with Crippen molar-refractivity contribution in [1.82, 2.24) is 14.7 Å². The highest BCUT2D eigenvalue weighted by atomic mass is 32.1. The number of aromatic nitrogens is 2. The molecule has 0 N–H and O–H groups in total. The van der Waals surface area contributed by atoms with Crippen LogP contribution in [0.4, 0.5) is 0 Å². The minimum Gasteiger partial charge on any atom is -0.496 e. The number of allylic oxidation sites excluding steroid dienone is 1. The Morgan fingerprint density at radius 1 is 1.28 bits per heavy atom. The maximum Gasteiger partial charge on any atom is 0.309 e. The van der Waals surface area contributed by atoms with Crippen molar-refractivity contribution < 1.29 is 23.8 Å². The molecule has 2 aromatic heterocycles. The summed E-state index contributed by atoms with van der Waals surface area (Å²) in [6, 6.07) is 5.95. The van der Waals surface area contributed by atoms with E-state index < -0.39 is 0 Å². The van der Waals surface area contributed by atoms with Crippen LogP contribution >= 0.6 is 11.3 Å². The molecule has 1 amide bonds. The molecule has 0 saturated heterocycles. The van der Waals surface area contributed by atoms with Gasteiger partial charge in [0.25, 0.3) is 5.91 Å². The molecule has 5 rings (SSSR count). The summed E-state index contributed by atoms with van der Waals surface area (Å²) in [6.07, 6.45) is 6.72. The summed E-state index contributed by atoms with van der Waals surface area (Å²) in [5, 5.41) is 8.86. The van der Waals surface area contributed by atoms with E-state index in [0.717, 1.165) is 64.2 Å². The van der Waals surface area contributed by atoms with E-state index in [1.54, 1.807) is 30.4 Å². The van der Waals surface area contributed by atoms with Gasteiger partial charge in [-0.3, -0.25) is 9.59 Å². The van der Waals surface area contributed by atoms with E-state index in [0.29, 0.717) is 31.0 Å². The molecule has 3 aromatic rings. The van der Waals surface area contributed by atoms with Crippen molar-refractivity contribution in [1.29, 1.82) is 0 Å². The second-order valence-electron chi connectivity index (χ2n) is 10.0. The Morgan fingerprint density at radius 3 is 2.87 bits per heavy atom. The third kappa shape index (κ3) is 5.63. The molecule has 0 atom stereocenters. The van der Waals surface area contributed by atoms with Crippen LogP contribution in [0.1, 0.15) is 61.1 Å². The Morgan fingerprint density at radius 2 is 2.13 bits per heavy atom. The number of fused-ring (bicyclic) bond motifs is 3. The topological polar surface area (TPSA) is 82.9 Å². The summed E-state index contributed by atoms with van der Waals surface area (Å²) in [4.78, 5) is 27.2.